The average molecular weight is 383 g/mol. The zero-order chi connectivity index (χ0) is 19.5. The third-order valence-corrected chi connectivity index (χ3v) is 5.32. The van der Waals surface area contributed by atoms with Gasteiger partial charge in [-0.15, -0.1) is 0 Å². The Balaban J connectivity index is 1.36. The van der Waals surface area contributed by atoms with E-state index in [0.717, 1.165) is 43.5 Å². The van der Waals surface area contributed by atoms with Gasteiger partial charge in [0.25, 0.3) is 0 Å². The number of ether oxygens (including phenoxy) is 3. The number of fused-ring (bicyclic) bond motifs is 1. The minimum absolute atomic E-state index is 0.299. The zero-order valence-corrected chi connectivity index (χ0v) is 16.3. The summed E-state index contributed by atoms with van der Waals surface area (Å²) in [5.41, 5.74) is 1.72. The van der Waals surface area contributed by atoms with Crippen LogP contribution in [0.5, 0.6) is 11.5 Å². The van der Waals surface area contributed by atoms with Gasteiger partial charge in [-0.2, -0.15) is 0 Å². The molecule has 28 heavy (non-hydrogen) atoms. The summed E-state index contributed by atoms with van der Waals surface area (Å²) in [7, 11) is 0. The second kappa shape index (κ2) is 8.06. The van der Waals surface area contributed by atoms with Gasteiger partial charge in [-0.3, -0.25) is 4.90 Å². The molecule has 0 radical (unpaired) electrons. The molecule has 0 amide bonds. The van der Waals surface area contributed by atoms with Crippen LogP contribution in [0.25, 0.3) is 0 Å². The molecule has 2 aliphatic rings. The summed E-state index contributed by atoms with van der Waals surface area (Å²) in [5.74, 6) is 2.21. The van der Waals surface area contributed by atoms with Crippen LogP contribution >= 0.6 is 0 Å². The summed E-state index contributed by atoms with van der Waals surface area (Å²) in [6, 6.07) is 10.1. The number of carbonyl (C=O) groups excluding carboxylic acids is 1. The van der Waals surface area contributed by atoms with Crippen LogP contribution < -0.4 is 14.4 Å². The molecule has 1 unspecified atom stereocenters. The molecule has 2 aromatic rings. The predicted octanol–water partition coefficient (Wildman–Crippen LogP) is 2.87. The lowest BCUT2D eigenvalue weighted by Gasteiger charge is -2.38. The number of esters is 1. The van der Waals surface area contributed by atoms with Crippen LogP contribution in [-0.4, -0.2) is 55.4 Å². The normalized spacial score (nSPS) is 17.4. The third-order valence-electron chi connectivity index (χ3n) is 5.32. The van der Waals surface area contributed by atoms with Crippen molar-refractivity contribution in [3.05, 3.63) is 47.7 Å². The van der Waals surface area contributed by atoms with Gasteiger partial charge in [-0.05, 0) is 43.7 Å². The quantitative estimate of drug-likeness (QED) is 0.736. The number of nitrogens with zero attached hydrogens (tertiary/aromatic N) is 3. The van der Waals surface area contributed by atoms with Gasteiger partial charge < -0.3 is 19.1 Å². The Hall–Kier alpha value is -2.80. The Labute approximate surface area is 164 Å². The predicted molar refractivity (Wildman–Crippen MR) is 105 cm³/mol. The number of carbonyl (C=O) groups is 1. The van der Waals surface area contributed by atoms with Crippen LogP contribution in [0.4, 0.5) is 5.82 Å². The van der Waals surface area contributed by atoms with Crippen molar-refractivity contribution in [2.45, 2.75) is 19.9 Å². The van der Waals surface area contributed by atoms with Crippen molar-refractivity contribution in [1.82, 2.24) is 9.88 Å². The van der Waals surface area contributed by atoms with Crippen molar-refractivity contribution in [1.29, 1.82) is 0 Å². The fourth-order valence-electron chi connectivity index (χ4n) is 3.63. The Morgan fingerprint density at radius 2 is 1.93 bits per heavy atom. The molecule has 3 heterocycles. The minimum atomic E-state index is -0.330. The molecule has 0 aliphatic carbocycles. The van der Waals surface area contributed by atoms with Crippen molar-refractivity contribution in [2.24, 2.45) is 0 Å². The third kappa shape index (κ3) is 3.75. The van der Waals surface area contributed by atoms with Gasteiger partial charge in [0.05, 0.1) is 12.2 Å². The van der Waals surface area contributed by atoms with Gasteiger partial charge in [-0.1, -0.05) is 6.07 Å². The van der Waals surface area contributed by atoms with E-state index in [1.54, 1.807) is 19.2 Å². The topological polar surface area (TPSA) is 64.1 Å². The molecular weight excluding hydrogens is 358 g/mol. The summed E-state index contributed by atoms with van der Waals surface area (Å²) < 4.78 is 15.9. The number of anilines is 1. The van der Waals surface area contributed by atoms with E-state index in [9.17, 15) is 4.79 Å². The zero-order valence-electron chi connectivity index (χ0n) is 16.3. The molecule has 2 aliphatic heterocycles. The van der Waals surface area contributed by atoms with E-state index in [1.165, 1.54) is 5.56 Å². The molecule has 0 saturated carbocycles. The van der Waals surface area contributed by atoms with Gasteiger partial charge in [0.1, 0.15) is 5.82 Å². The lowest BCUT2D eigenvalue weighted by molar-refractivity contribution is 0.0526. The molecule has 1 aromatic heterocycles. The van der Waals surface area contributed by atoms with Crippen LogP contribution in [0.1, 0.15) is 35.8 Å². The first-order valence-corrected chi connectivity index (χ1v) is 9.67. The maximum atomic E-state index is 11.8. The van der Waals surface area contributed by atoms with Crippen LogP contribution in [0.2, 0.25) is 0 Å². The second-order valence-corrected chi connectivity index (χ2v) is 6.94. The van der Waals surface area contributed by atoms with Crippen LogP contribution in [0.15, 0.2) is 36.5 Å². The van der Waals surface area contributed by atoms with E-state index in [-0.39, 0.29) is 5.97 Å². The lowest BCUT2D eigenvalue weighted by Crippen LogP contribution is -2.47. The number of hydrogen-bond acceptors (Lipinski definition) is 7. The van der Waals surface area contributed by atoms with Crippen molar-refractivity contribution < 1.29 is 19.0 Å². The van der Waals surface area contributed by atoms with Gasteiger partial charge in [0, 0.05) is 38.4 Å². The van der Waals surface area contributed by atoms with Crippen LogP contribution in [0, 0.1) is 0 Å². The largest absolute Gasteiger partial charge is 0.462 e. The summed E-state index contributed by atoms with van der Waals surface area (Å²) in [4.78, 5) is 20.9. The van der Waals surface area contributed by atoms with E-state index >= 15 is 0 Å². The Bertz CT molecular complexity index is 832. The fourth-order valence-corrected chi connectivity index (χ4v) is 3.63. The molecule has 1 saturated heterocycles. The fraction of sp³-hybridized carbons (Fsp3) is 0.429. The second-order valence-electron chi connectivity index (χ2n) is 6.94. The standard InChI is InChI=1S/C21H25N3O4/c1-3-26-21(25)17-5-7-20(22-13-17)24-10-8-23(9-11-24)15(2)16-4-6-18-19(12-16)28-14-27-18/h4-7,12-13,15H,3,8-11,14H2,1-2H3. The summed E-state index contributed by atoms with van der Waals surface area (Å²) in [6.45, 7) is 8.34. The SMILES string of the molecule is CCOC(=O)c1ccc(N2CCN(C(C)c3ccc4c(c3)OCO4)CC2)nc1. The first kappa shape index (κ1) is 18.6. The van der Waals surface area contributed by atoms with Gasteiger partial charge in [-0.25, -0.2) is 9.78 Å². The van der Waals surface area contributed by atoms with E-state index in [0.29, 0.717) is 25.0 Å². The maximum absolute atomic E-state index is 11.8. The summed E-state index contributed by atoms with van der Waals surface area (Å²) >= 11 is 0. The Morgan fingerprint density at radius 3 is 2.64 bits per heavy atom. The first-order valence-electron chi connectivity index (χ1n) is 9.67. The highest BCUT2D eigenvalue weighted by molar-refractivity contribution is 5.89. The molecule has 0 spiro atoms. The van der Waals surface area contributed by atoms with Crippen molar-refractivity contribution in [3.63, 3.8) is 0 Å². The number of hydrogen-bond donors (Lipinski definition) is 0. The molecule has 1 aromatic carbocycles. The van der Waals surface area contributed by atoms with E-state index in [2.05, 4.69) is 33.8 Å². The van der Waals surface area contributed by atoms with Gasteiger partial charge >= 0.3 is 5.97 Å². The maximum Gasteiger partial charge on any atom is 0.339 e. The highest BCUT2D eigenvalue weighted by Crippen LogP contribution is 2.35. The molecule has 0 bridgehead atoms. The highest BCUT2D eigenvalue weighted by atomic mass is 16.7. The van der Waals surface area contributed by atoms with Crippen molar-refractivity contribution in [3.8, 4) is 11.5 Å². The van der Waals surface area contributed by atoms with E-state index < -0.39 is 0 Å². The molecular formula is C21H25N3O4. The monoisotopic (exact) mass is 383 g/mol. The molecule has 1 atom stereocenters. The van der Waals surface area contributed by atoms with Gasteiger partial charge in [0.15, 0.2) is 11.5 Å². The van der Waals surface area contributed by atoms with Gasteiger partial charge in [0.2, 0.25) is 6.79 Å². The minimum Gasteiger partial charge on any atom is -0.462 e. The Morgan fingerprint density at radius 1 is 1.14 bits per heavy atom. The average Bonchev–Trinajstić information content (AvgIpc) is 3.21. The number of pyridine rings is 1. The van der Waals surface area contributed by atoms with Crippen LogP contribution in [-0.2, 0) is 4.74 Å². The molecule has 7 heteroatoms. The smallest absolute Gasteiger partial charge is 0.339 e. The number of piperazine rings is 1. The molecule has 4 rings (SSSR count). The van der Waals surface area contributed by atoms with Crippen molar-refractivity contribution in [2.75, 3.05) is 44.5 Å². The Kier molecular flexibility index (Phi) is 5.34. The summed E-state index contributed by atoms with van der Waals surface area (Å²) in [5, 5.41) is 0. The first-order chi connectivity index (χ1) is 13.7. The molecule has 0 N–H and O–H groups in total. The lowest BCUT2D eigenvalue weighted by atomic mass is 10.1. The number of aromatic nitrogens is 1. The van der Waals surface area contributed by atoms with Crippen LogP contribution in [0.3, 0.4) is 0 Å². The highest BCUT2D eigenvalue weighted by Gasteiger charge is 2.24. The van der Waals surface area contributed by atoms with E-state index in [4.69, 9.17) is 14.2 Å². The number of benzene rings is 1. The van der Waals surface area contributed by atoms with E-state index in [1.807, 2.05) is 12.1 Å². The molecule has 1 fully saturated rings. The summed E-state index contributed by atoms with van der Waals surface area (Å²) in [6.07, 6.45) is 1.59. The molecule has 7 nitrogen and oxygen atoms in total. The number of rotatable bonds is 5. The van der Waals surface area contributed by atoms with Crippen molar-refractivity contribution >= 4 is 11.8 Å². The molecule has 148 valence electrons.